The second kappa shape index (κ2) is 25.5. The van der Waals surface area contributed by atoms with Gasteiger partial charge in [-0.25, -0.2) is 14.5 Å². The minimum Gasteiger partial charge on any atom is -0.418 e. The van der Waals surface area contributed by atoms with E-state index in [0.717, 1.165) is 13.2 Å². The Morgan fingerprint density at radius 1 is 0.800 bits per heavy atom. The van der Waals surface area contributed by atoms with Crippen molar-refractivity contribution in [2.24, 2.45) is 0 Å². The van der Waals surface area contributed by atoms with Gasteiger partial charge in [-0.1, -0.05) is 92.3 Å². The van der Waals surface area contributed by atoms with Crippen LogP contribution in [0.3, 0.4) is 0 Å². The maximum atomic E-state index is 12.5. The van der Waals surface area contributed by atoms with Crippen LogP contribution in [0.15, 0.2) is 90.4 Å². The van der Waals surface area contributed by atoms with Gasteiger partial charge in [-0.05, 0) is 63.1 Å². The maximum absolute atomic E-state index is 12.5. The fourth-order valence-electron chi connectivity index (χ4n) is 5.75. The predicted octanol–water partition coefficient (Wildman–Crippen LogP) is 10.1. The number of rotatable bonds is 12. The molecule has 4 atom stereocenters. The molecule has 1 saturated heterocycles. The summed E-state index contributed by atoms with van der Waals surface area (Å²) >= 11 is 12.5. The van der Waals surface area contributed by atoms with E-state index in [-0.39, 0.29) is 40.5 Å². The molecule has 0 radical (unpaired) electrons. The number of nitrogens with one attached hydrogen (secondary N) is 4. The maximum Gasteiger partial charge on any atom is 0.269 e. The van der Waals surface area contributed by atoms with Crippen LogP contribution in [0.4, 0.5) is 28.4 Å². The molecule has 1 aliphatic rings. The third-order valence-corrected chi connectivity index (χ3v) is 9.98. The number of ether oxygens (including phenoxy) is 1. The van der Waals surface area contributed by atoms with Gasteiger partial charge in [0.05, 0.1) is 53.6 Å². The fraction of sp³-hybridized carbons (Fsp3) is 0.234. The monoisotopic (exact) mass is 916 g/mol. The molecule has 2 heterocycles. The number of nitrogens with zero attached hydrogens (tertiary/aromatic N) is 6. The van der Waals surface area contributed by atoms with Crippen molar-refractivity contribution < 1.29 is 29.0 Å². The summed E-state index contributed by atoms with van der Waals surface area (Å²) in [6.07, 6.45) is 3.53. The molecule has 0 unspecified atom stereocenters. The van der Waals surface area contributed by atoms with E-state index in [9.17, 15) is 19.8 Å². The number of hydrogen-bond donors (Lipinski definition) is 6. The van der Waals surface area contributed by atoms with Gasteiger partial charge in [-0.3, -0.25) is 20.4 Å². The SMILES string of the molecule is C.C1CCOC1.[C-]#[N+]c1ccc(-c2nnc([C@H](Nc3ccc([N+]#[C-])c(Cl)c3C=C)[C@H](C)O)o2)cc1.[C-]#[N+]c1ccc(N[C@@H](C(=O)NNC(=O)c2ccc(C#N)cc2)[C@H](C)O)c(C=C)c1Cl. The molecule has 0 bridgehead atoms. The number of aliphatic hydroxyl groups excluding tert-OH is 2. The number of carbonyl (C=O) groups is 2. The van der Waals surface area contributed by atoms with Gasteiger partial charge in [-0.2, -0.15) is 5.26 Å². The highest BCUT2D eigenvalue weighted by atomic mass is 35.5. The molecule has 0 spiro atoms. The number of amides is 2. The van der Waals surface area contributed by atoms with Crippen molar-refractivity contribution in [3.63, 3.8) is 0 Å². The van der Waals surface area contributed by atoms with Gasteiger partial charge in [0.15, 0.2) is 5.69 Å². The smallest absolute Gasteiger partial charge is 0.269 e. The summed E-state index contributed by atoms with van der Waals surface area (Å²) in [5.41, 5.74) is 8.77. The molecule has 5 aromatic rings. The highest BCUT2D eigenvalue weighted by Gasteiger charge is 2.27. The van der Waals surface area contributed by atoms with E-state index in [1.165, 1.54) is 62.2 Å². The molecule has 16 nitrogen and oxygen atoms in total. The minimum absolute atomic E-state index is 0. The van der Waals surface area contributed by atoms with Gasteiger partial charge in [0.25, 0.3) is 11.8 Å². The number of carbonyl (C=O) groups excluding carboxylic acids is 2. The second-order valence-corrected chi connectivity index (χ2v) is 14.4. The normalized spacial score (nSPS) is 12.9. The zero-order valence-electron chi connectivity index (χ0n) is 34.6. The second-order valence-electron chi connectivity index (χ2n) is 13.6. The number of hydrogen-bond acceptors (Lipinski definition) is 11. The molecule has 65 heavy (non-hydrogen) atoms. The molecule has 1 fully saturated rings. The third kappa shape index (κ3) is 14.0. The van der Waals surface area contributed by atoms with E-state index in [4.69, 9.17) is 57.3 Å². The summed E-state index contributed by atoms with van der Waals surface area (Å²) in [7, 11) is 0. The number of benzene rings is 4. The number of nitriles is 1. The predicted molar refractivity (Wildman–Crippen MR) is 252 cm³/mol. The van der Waals surface area contributed by atoms with Crippen LogP contribution in [0, 0.1) is 31.0 Å². The van der Waals surface area contributed by atoms with Gasteiger partial charge in [0, 0.05) is 46.8 Å². The Labute approximate surface area is 387 Å². The van der Waals surface area contributed by atoms with Crippen LogP contribution in [-0.2, 0) is 9.53 Å². The van der Waals surface area contributed by atoms with Crippen molar-refractivity contribution in [1.29, 1.82) is 5.26 Å². The summed E-state index contributed by atoms with van der Waals surface area (Å²) in [5, 5.41) is 43.7. The van der Waals surface area contributed by atoms with E-state index in [1.54, 1.807) is 49.4 Å². The number of halogens is 2. The number of anilines is 2. The first-order valence-corrected chi connectivity index (χ1v) is 20.1. The van der Waals surface area contributed by atoms with Crippen molar-refractivity contribution in [3.8, 4) is 17.5 Å². The fourth-order valence-corrected chi connectivity index (χ4v) is 6.31. The molecule has 0 aliphatic carbocycles. The number of aliphatic hydroxyl groups is 2. The largest absolute Gasteiger partial charge is 0.418 e. The zero-order valence-corrected chi connectivity index (χ0v) is 36.1. The zero-order chi connectivity index (χ0) is 46.8. The number of aromatic nitrogens is 2. The van der Waals surface area contributed by atoms with Crippen LogP contribution in [0.25, 0.3) is 38.1 Å². The lowest BCUT2D eigenvalue weighted by Gasteiger charge is -2.23. The lowest BCUT2D eigenvalue weighted by molar-refractivity contribution is -0.124. The highest BCUT2D eigenvalue weighted by Crippen LogP contribution is 2.37. The lowest BCUT2D eigenvalue weighted by atomic mass is 10.1. The standard InChI is InChI=1S/C21H18ClN5O3.C21H16ClN5O2.C4H8O.CH4/c1-4-15-16(9-10-17(24-3)18(15)22)25-19(12(2)28)21(30)27-26-20(29)14-7-5-13(11-23)6-8-14;1-5-15-16(10-11-17(24-4)18(15)22)25-19(12(2)28)21-27-26-20(29-21)13-6-8-14(23-3)9-7-13;1-2-4-5-3-1;/h4-10,12,19,25,28H,1H2,2H3,(H,26,29)(H,27,30);5-12,19,25,28H,1H2,2H3;1-4H2;1H4/t2*12-,19+;;/m00../s1. The Morgan fingerprint density at radius 2 is 1.35 bits per heavy atom. The van der Waals surface area contributed by atoms with Crippen molar-refractivity contribution in [1.82, 2.24) is 21.0 Å². The molecule has 1 aliphatic heterocycles. The average molecular weight is 918 g/mol. The van der Waals surface area contributed by atoms with Gasteiger partial charge in [0.1, 0.15) is 12.1 Å². The molecular formula is C47H46Cl2N10O6. The summed E-state index contributed by atoms with van der Waals surface area (Å²) in [6, 6.07) is 19.0. The van der Waals surface area contributed by atoms with E-state index >= 15 is 0 Å². The average Bonchev–Trinajstić information content (AvgIpc) is 4.06. The quantitative estimate of drug-likeness (QED) is 0.0513. The molecule has 6 N–H and O–H groups in total. The van der Waals surface area contributed by atoms with Crippen molar-refractivity contribution in [3.05, 3.63) is 158 Å². The molecular weight excluding hydrogens is 871 g/mol. The first-order chi connectivity index (χ1) is 30.8. The Bertz CT molecular complexity index is 2610. The Hall–Kier alpha value is -7.54. The molecule has 0 saturated carbocycles. The topological polar surface area (TPSA) is 208 Å². The Morgan fingerprint density at radius 3 is 1.80 bits per heavy atom. The van der Waals surface area contributed by atoms with E-state index in [0.29, 0.717) is 45.0 Å². The third-order valence-electron chi connectivity index (χ3n) is 9.19. The van der Waals surface area contributed by atoms with Gasteiger partial charge in [-0.15, -0.1) is 10.2 Å². The molecule has 4 aromatic carbocycles. The van der Waals surface area contributed by atoms with E-state index in [2.05, 4.69) is 59.4 Å². The van der Waals surface area contributed by atoms with E-state index in [1.807, 2.05) is 6.07 Å². The van der Waals surface area contributed by atoms with Crippen molar-refractivity contribution >= 4 is 75.6 Å². The molecule has 6 rings (SSSR count). The van der Waals surface area contributed by atoms with E-state index < -0.39 is 36.1 Å². The summed E-state index contributed by atoms with van der Waals surface area (Å²) in [6.45, 7) is 33.7. The lowest BCUT2D eigenvalue weighted by Crippen LogP contribution is -2.52. The number of hydrazine groups is 1. The van der Waals surface area contributed by atoms with Crippen LogP contribution in [-0.4, -0.2) is 63.7 Å². The highest BCUT2D eigenvalue weighted by molar-refractivity contribution is 6.35. The van der Waals surface area contributed by atoms with Gasteiger partial charge < -0.3 is 30.0 Å². The Kier molecular flexibility index (Phi) is 20.4. The van der Waals surface area contributed by atoms with Crippen LogP contribution in [0.2, 0.25) is 10.0 Å². The van der Waals surface area contributed by atoms with Crippen LogP contribution >= 0.6 is 23.2 Å². The summed E-state index contributed by atoms with van der Waals surface area (Å²) < 4.78 is 10.7. The minimum atomic E-state index is -1.14. The summed E-state index contributed by atoms with van der Waals surface area (Å²) in [5.74, 6) is -0.834. The summed E-state index contributed by atoms with van der Waals surface area (Å²) in [4.78, 5) is 34.7. The van der Waals surface area contributed by atoms with Crippen LogP contribution in [0.5, 0.6) is 0 Å². The Balaban J connectivity index is 0.000000307. The van der Waals surface area contributed by atoms with Gasteiger partial charge in [0.2, 0.25) is 23.2 Å². The van der Waals surface area contributed by atoms with Crippen LogP contribution in [0.1, 0.15) is 73.1 Å². The molecule has 18 heteroatoms. The first-order valence-electron chi connectivity index (χ1n) is 19.3. The van der Waals surface area contributed by atoms with Crippen molar-refractivity contribution in [2.75, 3.05) is 23.8 Å². The molecule has 2 amide bonds. The molecule has 1 aromatic heterocycles. The van der Waals surface area contributed by atoms with Crippen molar-refractivity contribution in [2.45, 2.75) is 58.4 Å². The first kappa shape index (κ1) is 51.8. The van der Waals surface area contributed by atoms with Crippen LogP contribution < -0.4 is 21.5 Å². The van der Waals surface area contributed by atoms with Gasteiger partial charge >= 0.3 is 0 Å². The molecule has 334 valence electrons.